The number of fused-ring (bicyclic) bond motifs is 1. The van der Waals surface area contributed by atoms with Gasteiger partial charge < -0.3 is 9.47 Å². The van der Waals surface area contributed by atoms with Crippen LogP contribution in [0, 0.1) is 17.8 Å². The standard InChI is InChI=1S/C22H27NO4/c1-14(2)17-10-8-15(3)12-20(17)27-21(24)13-26-22(25)19-11-9-16-6-4-5-7-18(16)23-19/h4-7,9,11,14-15,17,20H,8,10,12-13H2,1-3H3/t15-,17+,20+/m1/s1. The van der Waals surface area contributed by atoms with E-state index in [0.29, 0.717) is 23.3 Å². The zero-order chi connectivity index (χ0) is 19.4. The van der Waals surface area contributed by atoms with Crippen molar-refractivity contribution in [1.82, 2.24) is 4.98 Å². The molecule has 0 saturated heterocycles. The number of hydrogen-bond acceptors (Lipinski definition) is 5. The van der Waals surface area contributed by atoms with Crippen LogP contribution in [0.25, 0.3) is 10.9 Å². The molecule has 0 aliphatic heterocycles. The largest absolute Gasteiger partial charge is 0.460 e. The van der Waals surface area contributed by atoms with Crippen LogP contribution in [0.5, 0.6) is 0 Å². The van der Waals surface area contributed by atoms with E-state index in [4.69, 9.17) is 9.47 Å². The van der Waals surface area contributed by atoms with E-state index in [1.807, 2.05) is 30.3 Å². The molecule has 1 saturated carbocycles. The molecule has 0 bridgehead atoms. The van der Waals surface area contributed by atoms with Gasteiger partial charge in [0.05, 0.1) is 5.52 Å². The minimum Gasteiger partial charge on any atom is -0.460 e. The molecule has 5 heteroatoms. The Bertz CT molecular complexity index is 817. The van der Waals surface area contributed by atoms with Crippen molar-refractivity contribution in [1.29, 1.82) is 0 Å². The van der Waals surface area contributed by atoms with Crippen LogP contribution in [-0.2, 0) is 14.3 Å². The highest BCUT2D eigenvalue weighted by Crippen LogP contribution is 2.35. The lowest BCUT2D eigenvalue weighted by atomic mass is 9.75. The van der Waals surface area contributed by atoms with Gasteiger partial charge in [0.1, 0.15) is 11.8 Å². The summed E-state index contributed by atoms with van der Waals surface area (Å²) in [5, 5.41) is 0.944. The number of esters is 2. The maximum absolute atomic E-state index is 12.2. The van der Waals surface area contributed by atoms with Crippen molar-refractivity contribution >= 4 is 22.8 Å². The zero-order valence-electron chi connectivity index (χ0n) is 16.2. The topological polar surface area (TPSA) is 65.5 Å². The van der Waals surface area contributed by atoms with Crippen LogP contribution in [0.3, 0.4) is 0 Å². The predicted molar refractivity (Wildman–Crippen MR) is 103 cm³/mol. The Morgan fingerprint density at radius 2 is 1.93 bits per heavy atom. The van der Waals surface area contributed by atoms with E-state index >= 15 is 0 Å². The molecule has 0 amide bonds. The summed E-state index contributed by atoms with van der Waals surface area (Å²) < 4.78 is 10.8. The third-order valence-corrected chi connectivity index (χ3v) is 5.37. The summed E-state index contributed by atoms with van der Waals surface area (Å²) in [4.78, 5) is 28.7. The summed E-state index contributed by atoms with van der Waals surface area (Å²) in [5.41, 5.74) is 0.901. The molecule has 1 aliphatic rings. The van der Waals surface area contributed by atoms with Crippen molar-refractivity contribution in [2.75, 3.05) is 6.61 Å². The van der Waals surface area contributed by atoms with Crippen LogP contribution in [0.1, 0.15) is 50.5 Å². The molecular formula is C22H27NO4. The van der Waals surface area contributed by atoms with Gasteiger partial charge in [-0.3, -0.25) is 0 Å². The number of aromatic nitrogens is 1. The SMILES string of the molecule is CC(C)[C@@H]1CC[C@@H](C)C[C@@H]1OC(=O)COC(=O)c1ccc2ccccc2n1. The van der Waals surface area contributed by atoms with Crippen molar-refractivity contribution < 1.29 is 19.1 Å². The molecule has 0 radical (unpaired) electrons. The third-order valence-electron chi connectivity index (χ3n) is 5.37. The number of carbonyl (C=O) groups excluding carboxylic acids is 2. The van der Waals surface area contributed by atoms with Gasteiger partial charge in [-0.25, -0.2) is 14.6 Å². The molecule has 0 spiro atoms. The summed E-state index contributed by atoms with van der Waals surface area (Å²) in [6.07, 6.45) is 3.00. The molecule has 0 N–H and O–H groups in total. The lowest BCUT2D eigenvalue weighted by Crippen LogP contribution is -2.36. The van der Waals surface area contributed by atoms with Gasteiger partial charge in [-0.05, 0) is 42.7 Å². The first-order valence-electron chi connectivity index (χ1n) is 9.66. The van der Waals surface area contributed by atoms with Crippen LogP contribution in [0.2, 0.25) is 0 Å². The van der Waals surface area contributed by atoms with E-state index in [-0.39, 0.29) is 18.4 Å². The molecule has 1 fully saturated rings. The quantitative estimate of drug-likeness (QED) is 0.731. The first kappa shape index (κ1) is 19.3. The third kappa shape index (κ3) is 4.85. The van der Waals surface area contributed by atoms with E-state index in [2.05, 4.69) is 25.8 Å². The molecule has 0 unspecified atom stereocenters. The Kier molecular flexibility index (Phi) is 6.09. The van der Waals surface area contributed by atoms with Crippen LogP contribution in [0.4, 0.5) is 0 Å². The number of ether oxygens (including phenoxy) is 2. The maximum Gasteiger partial charge on any atom is 0.357 e. The van der Waals surface area contributed by atoms with Crippen molar-refractivity contribution in [3.8, 4) is 0 Å². The van der Waals surface area contributed by atoms with Gasteiger partial charge in [0.15, 0.2) is 6.61 Å². The van der Waals surface area contributed by atoms with Gasteiger partial charge in [-0.15, -0.1) is 0 Å². The van der Waals surface area contributed by atoms with E-state index in [1.165, 1.54) is 6.42 Å². The molecule has 3 rings (SSSR count). The molecule has 2 aromatic rings. The number of carbonyl (C=O) groups is 2. The second-order valence-electron chi connectivity index (χ2n) is 7.82. The first-order valence-corrected chi connectivity index (χ1v) is 9.66. The Hall–Kier alpha value is -2.43. The second-order valence-corrected chi connectivity index (χ2v) is 7.82. The van der Waals surface area contributed by atoms with Gasteiger partial charge in [0.2, 0.25) is 0 Å². The van der Waals surface area contributed by atoms with E-state index < -0.39 is 11.9 Å². The molecule has 5 nitrogen and oxygen atoms in total. The zero-order valence-corrected chi connectivity index (χ0v) is 16.2. The number of pyridine rings is 1. The summed E-state index contributed by atoms with van der Waals surface area (Å²) in [6, 6.07) is 10.9. The molecule has 1 aromatic carbocycles. The molecule has 144 valence electrons. The summed E-state index contributed by atoms with van der Waals surface area (Å²) in [6.45, 7) is 6.12. The number of rotatable bonds is 5. The Morgan fingerprint density at radius 3 is 2.70 bits per heavy atom. The van der Waals surface area contributed by atoms with Crippen molar-refractivity contribution in [3.05, 3.63) is 42.1 Å². The average Bonchev–Trinajstić information content (AvgIpc) is 2.65. The molecule has 1 heterocycles. The summed E-state index contributed by atoms with van der Waals surface area (Å²) >= 11 is 0. The Balaban J connectivity index is 1.56. The fourth-order valence-corrected chi connectivity index (χ4v) is 3.83. The highest BCUT2D eigenvalue weighted by molar-refractivity contribution is 5.92. The smallest absolute Gasteiger partial charge is 0.357 e. The van der Waals surface area contributed by atoms with Crippen LogP contribution >= 0.6 is 0 Å². The lowest BCUT2D eigenvalue weighted by Gasteiger charge is -2.36. The Morgan fingerprint density at radius 1 is 1.15 bits per heavy atom. The van der Waals surface area contributed by atoms with Crippen LogP contribution in [0.15, 0.2) is 36.4 Å². The van der Waals surface area contributed by atoms with Gasteiger partial charge in [-0.2, -0.15) is 0 Å². The monoisotopic (exact) mass is 369 g/mol. The van der Waals surface area contributed by atoms with Crippen molar-refractivity contribution in [3.63, 3.8) is 0 Å². The number of hydrogen-bond donors (Lipinski definition) is 0. The van der Waals surface area contributed by atoms with Gasteiger partial charge >= 0.3 is 11.9 Å². The van der Waals surface area contributed by atoms with Gasteiger partial charge in [-0.1, -0.05) is 51.5 Å². The minimum absolute atomic E-state index is 0.0984. The maximum atomic E-state index is 12.2. The lowest BCUT2D eigenvalue weighted by molar-refractivity contribution is -0.159. The summed E-state index contributed by atoms with van der Waals surface area (Å²) in [5.74, 6) is 0.258. The van der Waals surface area contributed by atoms with Gasteiger partial charge in [0.25, 0.3) is 0 Å². The summed E-state index contributed by atoms with van der Waals surface area (Å²) in [7, 11) is 0. The highest BCUT2D eigenvalue weighted by atomic mass is 16.6. The molecular weight excluding hydrogens is 342 g/mol. The van der Waals surface area contributed by atoms with E-state index in [9.17, 15) is 9.59 Å². The predicted octanol–water partition coefficient (Wildman–Crippen LogP) is 4.40. The molecule has 1 aromatic heterocycles. The molecule has 27 heavy (non-hydrogen) atoms. The first-order chi connectivity index (χ1) is 12.9. The fourth-order valence-electron chi connectivity index (χ4n) is 3.83. The van der Waals surface area contributed by atoms with E-state index in [1.54, 1.807) is 6.07 Å². The Labute approximate surface area is 160 Å². The number of para-hydroxylation sites is 1. The van der Waals surface area contributed by atoms with Crippen molar-refractivity contribution in [2.45, 2.75) is 46.1 Å². The normalized spacial score (nSPS) is 22.6. The fraction of sp³-hybridized carbons (Fsp3) is 0.500. The minimum atomic E-state index is -0.616. The highest BCUT2D eigenvalue weighted by Gasteiger charge is 2.33. The second kappa shape index (κ2) is 8.51. The molecule has 1 aliphatic carbocycles. The van der Waals surface area contributed by atoms with Crippen LogP contribution < -0.4 is 0 Å². The van der Waals surface area contributed by atoms with Gasteiger partial charge in [0, 0.05) is 5.39 Å². The number of benzene rings is 1. The van der Waals surface area contributed by atoms with Crippen molar-refractivity contribution in [2.24, 2.45) is 17.8 Å². The average molecular weight is 369 g/mol. The molecule has 3 atom stereocenters. The van der Waals surface area contributed by atoms with E-state index in [0.717, 1.165) is 18.2 Å². The number of nitrogens with zero attached hydrogens (tertiary/aromatic N) is 1. The van der Waals surface area contributed by atoms with Crippen LogP contribution in [-0.4, -0.2) is 29.6 Å².